The highest BCUT2D eigenvalue weighted by Crippen LogP contribution is 2.20. The van der Waals surface area contributed by atoms with Crippen LogP contribution in [0.3, 0.4) is 0 Å². The Kier molecular flexibility index (Phi) is 8.20. The van der Waals surface area contributed by atoms with E-state index in [2.05, 4.69) is 26.8 Å². The largest absolute Gasteiger partial charge is 0.376 e. The van der Waals surface area contributed by atoms with Crippen LogP contribution >= 0.6 is 46.5 Å². The lowest BCUT2D eigenvalue weighted by molar-refractivity contribution is 0.114. The van der Waals surface area contributed by atoms with E-state index in [9.17, 15) is 8.42 Å². The van der Waals surface area contributed by atoms with E-state index in [4.69, 9.17) is 28.6 Å². The number of sulfonamides is 1. The summed E-state index contributed by atoms with van der Waals surface area (Å²) in [5.41, 5.74) is 2.72. The summed E-state index contributed by atoms with van der Waals surface area (Å²) in [5.74, 6) is 0. The van der Waals surface area contributed by atoms with Crippen LogP contribution in [-0.2, 0) is 21.3 Å². The van der Waals surface area contributed by atoms with E-state index in [-0.39, 0.29) is 15.1 Å². The van der Waals surface area contributed by atoms with E-state index in [0.29, 0.717) is 28.2 Å². The minimum atomic E-state index is -3.83. The Bertz CT molecular complexity index is 1080. The molecule has 30 heavy (non-hydrogen) atoms. The number of ether oxygens (including phenoxy) is 1. The van der Waals surface area contributed by atoms with Gasteiger partial charge in [0.05, 0.1) is 17.2 Å². The minimum Gasteiger partial charge on any atom is -0.376 e. The molecule has 2 aromatic rings. The molecular formula is C17H20ClN5O3S4. The maximum absolute atomic E-state index is 12.5. The fourth-order valence-corrected chi connectivity index (χ4v) is 6.18. The molecule has 1 aliphatic heterocycles. The molecule has 0 unspecified atom stereocenters. The maximum atomic E-state index is 12.5. The van der Waals surface area contributed by atoms with Gasteiger partial charge in [-0.2, -0.15) is 13.5 Å². The molecule has 162 valence electrons. The van der Waals surface area contributed by atoms with Gasteiger partial charge in [-0.15, -0.1) is 22.3 Å². The number of thiocarbonyl (C=S) groups is 1. The molecule has 0 bridgehead atoms. The van der Waals surface area contributed by atoms with Crippen molar-refractivity contribution >= 4 is 67.8 Å². The van der Waals surface area contributed by atoms with Gasteiger partial charge in [0.1, 0.15) is 9.36 Å². The standard InChI is InChI=1S/C17H20ClN5O3S4/c1-2-7-23-15(18)13(11-20-21-16(27)19-10-12-5-3-8-26-12)29-17(23)22-30(24,25)14-6-4-9-28-14/h2,4,6,9,11-12H,1,3,5,7-8,10H2,(H2,19,21,27)/b20-11-,22-17?/t12-/m0/s1. The molecule has 1 fully saturated rings. The lowest BCUT2D eigenvalue weighted by Crippen LogP contribution is -2.37. The van der Waals surface area contributed by atoms with Crippen LogP contribution in [0, 0.1) is 0 Å². The first kappa shape index (κ1) is 23.1. The highest BCUT2D eigenvalue weighted by atomic mass is 35.5. The second kappa shape index (κ2) is 10.6. The highest BCUT2D eigenvalue weighted by molar-refractivity contribution is 7.92. The molecule has 13 heteroatoms. The zero-order valence-electron chi connectivity index (χ0n) is 15.8. The molecule has 3 rings (SSSR count). The Morgan fingerprint density at radius 3 is 3.03 bits per heavy atom. The maximum Gasteiger partial charge on any atom is 0.294 e. The Hall–Kier alpha value is -1.57. The summed E-state index contributed by atoms with van der Waals surface area (Å²) in [6.45, 7) is 5.38. The minimum absolute atomic E-state index is 0.160. The average Bonchev–Trinajstić information content (AvgIpc) is 3.46. The number of rotatable bonds is 8. The van der Waals surface area contributed by atoms with Crippen LogP contribution in [0.2, 0.25) is 5.15 Å². The first-order valence-electron chi connectivity index (χ1n) is 8.94. The van der Waals surface area contributed by atoms with Crippen LogP contribution in [0.1, 0.15) is 17.7 Å². The predicted molar refractivity (Wildman–Crippen MR) is 125 cm³/mol. The van der Waals surface area contributed by atoms with Gasteiger partial charge in [-0.25, -0.2) is 0 Å². The van der Waals surface area contributed by atoms with E-state index in [1.54, 1.807) is 22.1 Å². The molecule has 0 spiro atoms. The van der Waals surface area contributed by atoms with Crippen LogP contribution < -0.4 is 15.5 Å². The third kappa shape index (κ3) is 5.99. The topological polar surface area (TPSA) is 97.1 Å². The SMILES string of the molecule is C=CCn1c(Cl)c(/C=N\NC(=S)NC[C@@H]2CCCO2)sc1=NS(=O)(=O)c1cccs1. The summed E-state index contributed by atoms with van der Waals surface area (Å²) in [5, 5.41) is 9.48. The van der Waals surface area contributed by atoms with Crippen molar-refractivity contribution in [3.8, 4) is 0 Å². The molecular weight excluding hydrogens is 486 g/mol. The van der Waals surface area contributed by atoms with Gasteiger partial charge < -0.3 is 14.6 Å². The normalized spacial score (nSPS) is 17.5. The fourth-order valence-electron chi connectivity index (χ4n) is 2.61. The van der Waals surface area contributed by atoms with Crippen LogP contribution in [0.15, 0.2) is 43.9 Å². The fraction of sp³-hybridized carbons (Fsp3) is 0.353. The van der Waals surface area contributed by atoms with Crippen LogP contribution in [0.4, 0.5) is 0 Å². The smallest absolute Gasteiger partial charge is 0.294 e. The summed E-state index contributed by atoms with van der Waals surface area (Å²) in [6.07, 6.45) is 5.31. The number of hydrogen-bond donors (Lipinski definition) is 2. The van der Waals surface area contributed by atoms with Crippen molar-refractivity contribution in [2.75, 3.05) is 13.2 Å². The number of allylic oxidation sites excluding steroid dienone is 1. The third-order valence-electron chi connectivity index (χ3n) is 3.99. The molecule has 1 atom stereocenters. The third-order valence-corrected chi connectivity index (χ3v) is 8.52. The molecule has 2 N–H and O–H groups in total. The van der Waals surface area contributed by atoms with Crippen LogP contribution in [0.25, 0.3) is 0 Å². The number of halogens is 1. The van der Waals surface area contributed by atoms with Crippen molar-refractivity contribution < 1.29 is 13.2 Å². The first-order chi connectivity index (χ1) is 14.4. The van der Waals surface area contributed by atoms with Crippen molar-refractivity contribution in [1.82, 2.24) is 15.3 Å². The second-order valence-corrected chi connectivity index (χ2v) is 10.7. The highest BCUT2D eigenvalue weighted by Gasteiger charge is 2.17. The zero-order valence-corrected chi connectivity index (χ0v) is 19.8. The van der Waals surface area contributed by atoms with Gasteiger partial charge in [-0.05, 0) is 36.5 Å². The van der Waals surface area contributed by atoms with Crippen LogP contribution in [-0.4, -0.2) is 43.6 Å². The van der Waals surface area contributed by atoms with Gasteiger partial charge in [0, 0.05) is 19.7 Å². The lowest BCUT2D eigenvalue weighted by atomic mass is 10.2. The van der Waals surface area contributed by atoms with Gasteiger partial charge >= 0.3 is 0 Å². The van der Waals surface area contributed by atoms with E-state index in [1.807, 2.05) is 0 Å². The first-order valence-corrected chi connectivity index (χ1v) is 12.9. The second-order valence-electron chi connectivity index (χ2n) is 6.15. The van der Waals surface area contributed by atoms with Gasteiger partial charge in [-0.3, -0.25) is 5.43 Å². The molecule has 0 radical (unpaired) electrons. The molecule has 0 amide bonds. The molecule has 0 aromatic carbocycles. The molecule has 1 aliphatic rings. The molecule has 1 saturated heterocycles. The number of nitrogens with one attached hydrogen (secondary N) is 2. The van der Waals surface area contributed by atoms with Gasteiger partial charge in [0.2, 0.25) is 4.80 Å². The lowest BCUT2D eigenvalue weighted by Gasteiger charge is -2.11. The summed E-state index contributed by atoms with van der Waals surface area (Å²) >= 11 is 13.8. The Morgan fingerprint density at radius 1 is 1.53 bits per heavy atom. The average molecular weight is 506 g/mol. The van der Waals surface area contributed by atoms with E-state index in [0.717, 1.165) is 42.1 Å². The van der Waals surface area contributed by atoms with E-state index in [1.165, 1.54) is 12.3 Å². The molecule has 3 heterocycles. The summed E-state index contributed by atoms with van der Waals surface area (Å²) < 4.78 is 36.2. The van der Waals surface area contributed by atoms with E-state index >= 15 is 0 Å². The van der Waals surface area contributed by atoms with Crippen molar-refractivity contribution in [2.45, 2.75) is 29.7 Å². The van der Waals surface area contributed by atoms with Crippen molar-refractivity contribution in [3.05, 3.63) is 45.0 Å². The number of hydrogen-bond acceptors (Lipinski definition) is 7. The van der Waals surface area contributed by atoms with Crippen molar-refractivity contribution in [3.63, 3.8) is 0 Å². The summed E-state index contributed by atoms with van der Waals surface area (Å²) in [4.78, 5) is 0.766. The Balaban J connectivity index is 1.74. The van der Waals surface area contributed by atoms with Crippen molar-refractivity contribution in [1.29, 1.82) is 0 Å². The number of nitrogens with zero attached hydrogens (tertiary/aromatic N) is 3. The number of hydrazone groups is 1. The van der Waals surface area contributed by atoms with E-state index < -0.39 is 10.0 Å². The quantitative estimate of drug-likeness (QED) is 0.248. The molecule has 0 saturated carbocycles. The van der Waals surface area contributed by atoms with Crippen LogP contribution in [0.5, 0.6) is 0 Å². The monoisotopic (exact) mass is 505 g/mol. The number of aromatic nitrogens is 1. The molecule has 2 aromatic heterocycles. The van der Waals surface area contributed by atoms with Gasteiger partial charge in [0.25, 0.3) is 10.0 Å². The number of thiophene rings is 1. The zero-order chi connectivity index (χ0) is 21.6. The number of thiazole rings is 1. The summed E-state index contributed by atoms with van der Waals surface area (Å²) in [6, 6.07) is 3.17. The Morgan fingerprint density at radius 2 is 2.37 bits per heavy atom. The predicted octanol–water partition coefficient (Wildman–Crippen LogP) is 2.72. The van der Waals surface area contributed by atoms with Gasteiger partial charge in [0.15, 0.2) is 5.11 Å². The van der Waals surface area contributed by atoms with Crippen molar-refractivity contribution in [2.24, 2.45) is 9.50 Å². The molecule has 8 nitrogen and oxygen atoms in total. The van der Waals surface area contributed by atoms with Gasteiger partial charge in [-0.1, -0.05) is 35.1 Å². The Labute approximate surface area is 193 Å². The summed E-state index contributed by atoms with van der Waals surface area (Å²) in [7, 11) is -3.83. The molecule has 0 aliphatic carbocycles.